The number of aliphatic imine (C=N–C) groups is 1. The van der Waals surface area contributed by atoms with Gasteiger partial charge in [0.05, 0.1) is 16.7 Å². The zero-order valence-corrected chi connectivity index (χ0v) is 34.0. The van der Waals surface area contributed by atoms with Gasteiger partial charge in [-0.15, -0.1) is 11.3 Å². The van der Waals surface area contributed by atoms with Crippen LogP contribution in [0.4, 0.5) is 5.69 Å². The highest BCUT2D eigenvalue weighted by molar-refractivity contribution is 7.19. The zero-order chi connectivity index (χ0) is 39.2. The fraction of sp³-hybridized carbons (Fsp3) is 0.105. The normalized spacial score (nSPS) is 17.1. The average molecular weight is 783 g/mol. The van der Waals surface area contributed by atoms with E-state index in [1.165, 1.54) is 125 Å². The summed E-state index contributed by atoms with van der Waals surface area (Å²) in [4.78, 5) is 7.42. The Labute approximate surface area is 351 Å². The second-order valence-electron chi connectivity index (χ2n) is 17.1. The molecule has 0 radical (unpaired) electrons. The van der Waals surface area contributed by atoms with Gasteiger partial charge in [0, 0.05) is 43.1 Å². The summed E-state index contributed by atoms with van der Waals surface area (Å²) in [6, 6.07) is 61.7. The maximum absolute atomic E-state index is 6.06. The van der Waals surface area contributed by atoms with Gasteiger partial charge in [0.1, 0.15) is 5.84 Å². The van der Waals surface area contributed by atoms with E-state index in [4.69, 9.17) is 4.99 Å². The molecular weight excluding hydrogens is 745 g/mol. The van der Waals surface area contributed by atoms with Gasteiger partial charge in [-0.2, -0.15) is 0 Å². The fourth-order valence-electron chi connectivity index (χ4n) is 11.5. The van der Waals surface area contributed by atoms with E-state index in [-0.39, 0.29) is 0 Å². The number of rotatable bonds is 2. The lowest BCUT2D eigenvalue weighted by Gasteiger charge is -2.25. The van der Waals surface area contributed by atoms with Gasteiger partial charge >= 0.3 is 0 Å². The van der Waals surface area contributed by atoms with Crippen molar-refractivity contribution in [2.45, 2.75) is 38.0 Å². The molecule has 60 heavy (non-hydrogen) atoms. The molecule has 11 aromatic rings. The highest BCUT2D eigenvalue weighted by atomic mass is 32.1. The Hall–Kier alpha value is -6.81. The first-order chi connectivity index (χ1) is 29.7. The summed E-state index contributed by atoms with van der Waals surface area (Å²) in [6.45, 7) is 2.36. The van der Waals surface area contributed by atoms with Crippen LogP contribution in [0.1, 0.15) is 53.2 Å². The fourth-order valence-corrected chi connectivity index (χ4v) is 12.6. The molecule has 0 N–H and O–H groups in total. The third kappa shape index (κ3) is 4.40. The molecule has 0 amide bonds. The maximum atomic E-state index is 6.06. The lowest BCUT2D eigenvalue weighted by atomic mass is 9.80. The maximum Gasteiger partial charge on any atom is 0.146 e. The van der Waals surface area contributed by atoms with Crippen molar-refractivity contribution in [3.8, 4) is 11.1 Å². The van der Waals surface area contributed by atoms with Gasteiger partial charge in [0.2, 0.25) is 0 Å². The Morgan fingerprint density at radius 2 is 1.20 bits per heavy atom. The van der Waals surface area contributed by atoms with Gasteiger partial charge in [-0.3, -0.25) is 4.57 Å². The van der Waals surface area contributed by atoms with E-state index in [0.29, 0.717) is 11.8 Å². The van der Waals surface area contributed by atoms with E-state index in [1.807, 2.05) is 11.3 Å². The van der Waals surface area contributed by atoms with Crippen molar-refractivity contribution in [2.75, 3.05) is 0 Å². The Morgan fingerprint density at radius 1 is 0.550 bits per heavy atom. The summed E-state index contributed by atoms with van der Waals surface area (Å²) in [6.07, 6.45) is 3.03. The Morgan fingerprint density at radius 3 is 2.02 bits per heavy atom. The van der Waals surface area contributed by atoms with E-state index in [2.05, 4.69) is 175 Å². The average Bonchev–Trinajstić information content (AvgIpc) is 3.99. The molecule has 2 aliphatic carbocycles. The highest BCUT2D eigenvalue weighted by Gasteiger charge is 2.47. The Bertz CT molecular complexity index is 3740. The van der Waals surface area contributed by atoms with E-state index < -0.39 is 0 Å². The smallest absolute Gasteiger partial charge is 0.146 e. The molecule has 3 heterocycles. The number of hydrogen-bond acceptors (Lipinski definition) is 2. The summed E-state index contributed by atoms with van der Waals surface area (Å²) < 4.78 is 3.88. The van der Waals surface area contributed by atoms with Crippen molar-refractivity contribution >= 4 is 103 Å². The van der Waals surface area contributed by atoms with Crippen LogP contribution < -0.4 is 0 Å². The quantitative estimate of drug-likeness (QED) is 0.155. The summed E-state index contributed by atoms with van der Waals surface area (Å²) in [5.74, 6) is 2.13. The third-order valence-corrected chi connectivity index (χ3v) is 15.3. The molecule has 9 aromatic carbocycles. The second-order valence-corrected chi connectivity index (χ2v) is 18.3. The number of benzene rings is 9. The van der Waals surface area contributed by atoms with Crippen LogP contribution in [0.15, 0.2) is 174 Å². The molecule has 3 heteroatoms. The topological polar surface area (TPSA) is 17.3 Å². The number of aromatic nitrogens is 1. The van der Waals surface area contributed by atoms with Crippen LogP contribution in [-0.2, 0) is 6.42 Å². The lowest BCUT2D eigenvalue weighted by molar-refractivity contribution is 0.993. The van der Waals surface area contributed by atoms with Crippen LogP contribution in [-0.4, -0.2) is 10.4 Å². The predicted octanol–water partition coefficient (Wildman–Crippen LogP) is 15.9. The number of fused-ring (bicyclic) bond motifs is 20. The highest BCUT2D eigenvalue weighted by Crippen LogP contribution is 2.64. The number of allylic oxidation sites excluding steroid dienone is 2. The SMILES string of the molecule is CCC1=C(c2cccc3c2C2CC2c2ccccc2-3)C(n2c3cc4ccccc4cc3c3c4c5ccccc5c5ccccc5c4ccc32)=Nc2c(sc3ccccc23)C1. The van der Waals surface area contributed by atoms with Gasteiger partial charge in [-0.1, -0.05) is 152 Å². The number of nitrogens with zero attached hydrogens (tertiary/aromatic N) is 2. The summed E-state index contributed by atoms with van der Waals surface area (Å²) in [7, 11) is 0. The van der Waals surface area contributed by atoms with Crippen LogP contribution in [0.2, 0.25) is 0 Å². The van der Waals surface area contributed by atoms with Crippen molar-refractivity contribution in [3.05, 3.63) is 191 Å². The summed E-state index contributed by atoms with van der Waals surface area (Å²) >= 11 is 1.92. The molecular formula is C57H38N2S. The largest absolute Gasteiger partial charge is 0.293 e. The monoisotopic (exact) mass is 782 g/mol. The molecule has 1 aliphatic heterocycles. The van der Waals surface area contributed by atoms with Crippen molar-refractivity contribution in [3.63, 3.8) is 0 Å². The summed E-state index contributed by atoms with van der Waals surface area (Å²) in [5.41, 5.74) is 13.5. The third-order valence-electron chi connectivity index (χ3n) is 14.1. The molecule has 2 unspecified atom stereocenters. The molecule has 1 fully saturated rings. The van der Waals surface area contributed by atoms with Gasteiger partial charge < -0.3 is 0 Å². The molecule has 0 spiro atoms. The molecule has 2 atom stereocenters. The van der Waals surface area contributed by atoms with E-state index >= 15 is 0 Å². The molecule has 0 bridgehead atoms. The predicted molar refractivity (Wildman–Crippen MR) is 257 cm³/mol. The molecule has 14 rings (SSSR count). The standard InChI is InChI=1S/C57H38N2S/c1-2-32-30-51-56(43-22-11-12-25-50(43)60-51)58-57(52(32)44-24-13-23-40-38-19-7-8-20-39(38)45-31-46(45)53(40)44)59-48-27-26-42-37-18-6-5-16-35(37)36-17-9-10-21-41(36)54(42)55(48)47-28-33-14-3-4-15-34(33)29-49(47)59/h3-29,45-46H,2,30-31H2,1H3. The minimum absolute atomic E-state index is 0.516. The molecule has 3 aliphatic rings. The Kier molecular flexibility index (Phi) is 6.68. The van der Waals surface area contributed by atoms with Crippen LogP contribution in [0.5, 0.6) is 0 Å². The van der Waals surface area contributed by atoms with Gasteiger partial charge in [0.25, 0.3) is 0 Å². The first-order valence-electron chi connectivity index (χ1n) is 21.5. The first kappa shape index (κ1) is 33.1. The van der Waals surface area contributed by atoms with Crippen LogP contribution in [0, 0.1) is 0 Å². The van der Waals surface area contributed by atoms with Gasteiger partial charge in [-0.25, -0.2) is 4.99 Å². The van der Waals surface area contributed by atoms with E-state index in [9.17, 15) is 0 Å². The number of thiophene rings is 1. The van der Waals surface area contributed by atoms with Crippen LogP contribution in [0.25, 0.3) is 91.7 Å². The van der Waals surface area contributed by atoms with E-state index in [0.717, 1.165) is 24.4 Å². The first-order valence-corrected chi connectivity index (χ1v) is 22.3. The van der Waals surface area contributed by atoms with Crippen LogP contribution in [0.3, 0.4) is 0 Å². The van der Waals surface area contributed by atoms with Crippen LogP contribution >= 0.6 is 11.3 Å². The zero-order valence-electron chi connectivity index (χ0n) is 33.2. The van der Waals surface area contributed by atoms with Crippen molar-refractivity contribution in [1.82, 2.24) is 4.57 Å². The minimum Gasteiger partial charge on any atom is -0.293 e. The number of hydrogen-bond donors (Lipinski definition) is 0. The molecule has 282 valence electrons. The van der Waals surface area contributed by atoms with Gasteiger partial charge in [0.15, 0.2) is 0 Å². The summed E-state index contributed by atoms with van der Waals surface area (Å²) in [5, 5.41) is 14.1. The lowest BCUT2D eigenvalue weighted by Crippen LogP contribution is -2.17. The molecule has 1 saturated carbocycles. The van der Waals surface area contributed by atoms with Crippen molar-refractivity contribution in [2.24, 2.45) is 4.99 Å². The van der Waals surface area contributed by atoms with Crippen molar-refractivity contribution in [1.29, 1.82) is 0 Å². The minimum atomic E-state index is 0.516. The van der Waals surface area contributed by atoms with E-state index in [1.54, 1.807) is 0 Å². The van der Waals surface area contributed by atoms with Gasteiger partial charge in [-0.05, 0) is 114 Å². The molecule has 2 nitrogen and oxygen atoms in total. The molecule has 0 saturated heterocycles. The second kappa shape index (κ2) is 12.1. The Balaban J connectivity index is 1.18. The van der Waals surface area contributed by atoms with Crippen molar-refractivity contribution < 1.29 is 0 Å². The molecule has 2 aromatic heterocycles.